The molecule has 0 unspecified atom stereocenters. The van der Waals surface area contributed by atoms with Gasteiger partial charge in [0.2, 0.25) is 0 Å². The number of aromatic amines is 2. The Morgan fingerprint density at radius 3 is 3.06 bits per heavy atom. The third kappa shape index (κ3) is 2.19. The maximum Gasteiger partial charge on any atom is 0.271 e. The van der Waals surface area contributed by atoms with Crippen molar-refractivity contribution in [2.24, 2.45) is 0 Å². The van der Waals surface area contributed by atoms with Crippen molar-refractivity contribution >= 4 is 11.6 Å². The molecule has 0 radical (unpaired) electrons. The minimum Gasteiger partial charge on any atom is -0.396 e. The van der Waals surface area contributed by atoms with E-state index in [0.29, 0.717) is 24.3 Å². The number of nitrogens with zero attached hydrogens (tertiary/aromatic N) is 2. The van der Waals surface area contributed by atoms with Crippen LogP contribution in [0.3, 0.4) is 0 Å². The van der Waals surface area contributed by atoms with Gasteiger partial charge in [0.15, 0.2) is 0 Å². The SMILES string of the molecule is Nc1cn[nH]c1C(=O)NCCc1ncc[nH]1. The number of aromatic nitrogens is 4. The third-order valence-electron chi connectivity index (χ3n) is 2.10. The fourth-order valence-corrected chi connectivity index (χ4v) is 1.29. The average Bonchev–Trinajstić information content (AvgIpc) is 2.88. The Labute approximate surface area is 91.5 Å². The third-order valence-corrected chi connectivity index (χ3v) is 2.10. The molecule has 5 N–H and O–H groups in total. The molecule has 7 nitrogen and oxygen atoms in total. The van der Waals surface area contributed by atoms with Crippen molar-refractivity contribution in [2.75, 3.05) is 12.3 Å². The maximum absolute atomic E-state index is 11.6. The van der Waals surface area contributed by atoms with E-state index in [2.05, 4.69) is 25.5 Å². The first-order valence-corrected chi connectivity index (χ1v) is 4.82. The van der Waals surface area contributed by atoms with Crippen LogP contribution in [0.25, 0.3) is 0 Å². The molecule has 84 valence electrons. The Bertz CT molecular complexity index is 460. The lowest BCUT2D eigenvalue weighted by Gasteiger charge is -2.02. The normalized spacial score (nSPS) is 10.2. The number of H-pyrrole nitrogens is 2. The maximum atomic E-state index is 11.6. The highest BCUT2D eigenvalue weighted by Gasteiger charge is 2.10. The van der Waals surface area contributed by atoms with E-state index in [9.17, 15) is 4.79 Å². The number of hydrogen-bond acceptors (Lipinski definition) is 4. The summed E-state index contributed by atoms with van der Waals surface area (Å²) < 4.78 is 0. The minimum atomic E-state index is -0.262. The van der Waals surface area contributed by atoms with Crippen LogP contribution in [0.15, 0.2) is 18.6 Å². The van der Waals surface area contributed by atoms with Crippen LogP contribution in [-0.4, -0.2) is 32.6 Å². The zero-order valence-electron chi connectivity index (χ0n) is 8.53. The highest BCUT2D eigenvalue weighted by atomic mass is 16.1. The number of rotatable bonds is 4. The van der Waals surface area contributed by atoms with Crippen LogP contribution in [0.2, 0.25) is 0 Å². The van der Waals surface area contributed by atoms with Gasteiger partial charge in [0.05, 0.1) is 11.9 Å². The molecule has 0 fully saturated rings. The van der Waals surface area contributed by atoms with Crippen LogP contribution in [0, 0.1) is 0 Å². The van der Waals surface area contributed by atoms with Gasteiger partial charge in [-0.2, -0.15) is 5.10 Å². The van der Waals surface area contributed by atoms with Gasteiger partial charge in [-0.05, 0) is 0 Å². The van der Waals surface area contributed by atoms with Crippen molar-refractivity contribution in [1.82, 2.24) is 25.5 Å². The predicted molar refractivity (Wildman–Crippen MR) is 57.6 cm³/mol. The number of amides is 1. The van der Waals surface area contributed by atoms with Gasteiger partial charge >= 0.3 is 0 Å². The van der Waals surface area contributed by atoms with E-state index in [1.807, 2.05) is 0 Å². The number of hydrogen-bond donors (Lipinski definition) is 4. The molecular formula is C9H12N6O. The summed E-state index contributed by atoms with van der Waals surface area (Å²) in [4.78, 5) is 18.6. The molecule has 7 heteroatoms. The zero-order chi connectivity index (χ0) is 11.4. The Morgan fingerprint density at radius 2 is 2.44 bits per heavy atom. The van der Waals surface area contributed by atoms with Gasteiger partial charge < -0.3 is 16.0 Å². The number of carbonyl (C=O) groups excluding carboxylic acids is 1. The van der Waals surface area contributed by atoms with E-state index in [1.165, 1.54) is 6.20 Å². The second-order valence-corrected chi connectivity index (χ2v) is 3.24. The fraction of sp³-hybridized carbons (Fsp3) is 0.222. The van der Waals surface area contributed by atoms with E-state index in [-0.39, 0.29) is 5.91 Å². The van der Waals surface area contributed by atoms with Crippen LogP contribution in [0.4, 0.5) is 5.69 Å². The number of anilines is 1. The summed E-state index contributed by atoms with van der Waals surface area (Å²) in [7, 11) is 0. The van der Waals surface area contributed by atoms with E-state index in [1.54, 1.807) is 12.4 Å². The van der Waals surface area contributed by atoms with Gasteiger partial charge in [0.25, 0.3) is 5.91 Å². The van der Waals surface area contributed by atoms with Gasteiger partial charge in [-0.3, -0.25) is 9.89 Å². The van der Waals surface area contributed by atoms with Crippen LogP contribution >= 0.6 is 0 Å². The number of carbonyl (C=O) groups is 1. The second kappa shape index (κ2) is 4.47. The van der Waals surface area contributed by atoms with Crippen molar-refractivity contribution < 1.29 is 4.79 Å². The fourth-order valence-electron chi connectivity index (χ4n) is 1.29. The van der Waals surface area contributed by atoms with E-state index in [4.69, 9.17) is 5.73 Å². The largest absolute Gasteiger partial charge is 0.396 e. The molecule has 0 aliphatic heterocycles. The second-order valence-electron chi connectivity index (χ2n) is 3.24. The first kappa shape index (κ1) is 10.2. The summed E-state index contributed by atoms with van der Waals surface area (Å²) in [5, 5.41) is 8.92. The lowest BCUT2D eigenvalue weighted by Crippen LogP contribution is -2.27. The number of imidazole rings is 1. The molecule has 2 heterocycles. The first-order chi connectivity index (χ1) is 7.77. The molecule has 0 aliphatic rings. The molecule has 1 amide bonds. The topological polar surface area (TPSA) is 112 Å². The van der Waals surface area contributed by atoms with E-state index in [0.717, 1.165) is 5.82 Å². The van der Waals surface area contributed by atoms with Crippen LogP contribution in [0.1, 0.15) is 16.3 Å². The molecular weight excluding hydrogens is 208 g/mol. The Morgan fingerprint density at radius 1 is 1.56 bits per heavy atom. The molecule has 2 aromatic heterocycles. The summed E-state index contributed by atoms with van der Waals surface area (Å²) in [6, 6.07) is 0. The molecule has 0 spiro atoms. The van der Waals surface area contributed by atoms with Crippen LogP contribution < -0.4 is 11.1 Å². The molecule has 2 rings (SSSR count). The molecule has 2 aromatic rings. The Kier molecular flexibility index (Phi) is 2.86. The molecule has 0 saturated heterocycles. The van der Waals surface area contributed by atoms with E-state index >= 15 is 0 Å². The van der Waals surface area contributed by atoms with Gasteiger partial charge in [-0.25, -0.2) is 4.98 Å². The first-order valence-electron chi connectivity index (χ1n) is 4.82. The molecule has 0 bridgehead atoms. The minimum absolute atomic E-state index is 0.262. The molecule has 0 atom stereocenters. The van der Waals surface area contributed by atoms with Crippen molar-refractivity contribution in [3.63, 3.8) is 0 Å². The molecule has 16 heavy (non-hydrogen) atoms. The van der Waals surface area contributed by atoms with Crippen molar-refractivity contribution in [3.8, 4) is 0 Å². The molecule has 0 saturated carbocycles. The lowest BCUT2D eigenvalue weighted by molar-refractivity contribution is 0.0950. The monoisotopic (exact) mass is 220 g/mol. The Hall–Kier alpha value is -2.31. The highest BCUT2D eigenvalue weighted by molar-refractivity contribution is 5.96. The quantitative estimate of drug-likeness (QED) is 0.566. The smallest absolute Gasteiger partial charge is 0.271 e. The highest BCUT2D eigenvalue weighted by Crippen LogP contribution is 2.04. The van der Waals surface area contributed by atoms with Crippen molar-refractivity contribution in [3.05, 3.63) is 30.1 Å². The number of nitrogens with two attached hydrogens (primary N) is 1. The summed E-state index contributed by atoms with van der Waals surface area (Å²) in [6.07, 6.45) is 5.46. The zero-order valence-corrected chi connectivity index (χ0v) is 8.53. The molecule has 0 aromatic carbocycles. The molecule has 0 aliphatic carbocycles. The summed E-state index contributed by atoms with van der Waals surface area (Å²) in [5.41, 5.74) is 6.17. The Balaban J connectivity index is 1.83. The van der Waals surface area contributed by atoms with Crippen LogP contribution in [-0.2, 0) is 6.42 Å². The van der Waals surface area contributed by atoms with Crippen LogP contribution in [0.5, 0.6) is 0 Å². The van der Waals surface area contributed by atoms with Gasteiger partial charge in [-0.1, -0.05) is 0 Å². The standard InChI is InChI=1S/C9H12N6O/c10-6-5-14-15-8(6)9(16)13-2-1-7-11-3-4-12-7/h3-5H,1-2,10H2,(H,11,12)(H,13,16)(H,14,15). The van der Waals surface area contributed by atoms with Crippen molar-refractivity contribution in [1.29, 1.82) is 0 Å². The van der Waals surface area contributed by atoms with Gasteiger partial charge in [-0.15, -0.1) is 0 Å². The van der Waals surface area contributed by atoms with E-state index < -0.39 is 0 Å². The summed E-state index contributed by atoms with van der Waals surface area (Å²) in [5.74, 6) is 0.569. The van der Waals surface area contributed by atoms with Gasteiger partial charge in [0, 0.05) is 25.4 Å². The lowest BCUT2D eigenvalue weighted by atomic mass is 10.3. The van der Waals surface area contributed by atoms with Gasteiger partial charge in [0.1, 0.15) is 11.5 Å². The number of nitrogen functional groups attached to an aromatic ring is 1. The average molecular weight is 220 g/mol. The number of nitrogens with one attached hydrogen (secondary N) is 3. The van der Waals surface area contributed by atoms with Crippen molar-refractivity contribution in [2.45, 2.75) is 6.42 Å². The predicted octanol–water partition coefficient (Wildman–Crippen LogP) is -0.312. The summed E-state index contributed by atoms with van der Waals surface area (Å²) >= 11 is 0. The summed E-state index contributed by atoms with van der Waals surface area (Å²) in [6.45, 7) is 0.491.